The Balaban J connectivity index is 1.98. The topological polar surface area (TPSA) is 66.6 Å². The van der Waals surface area contributed by atoms with Gasteiger partial charge in [-0.2, -0.15) is 0 Å². The molecule has 1 aromatic carbocycles. The fraction of sp³-hybridized carbons (Fsp3) is 0.250. The minimum Gasteiger partial charge on any atom is -0.411 e. The summed E-state index contributed by atoms with van der Waals surface area (Å²) in [6.45, 7) is 1.88. The van der Waals surface area contributed by atoms with Crippen molar-refractivity contribution in [1.82, 2.24) is 4.57 Å². The van der Waals surface area contributed by atoms with Gasteiger partial charge in [-0.15, -0.1) is 0 Å². The van der Waals surface area contributed by atoms with Gasteiger partial charge < -0.3 is 15.1 Å². The molecule has 0 bridgehead atoms. The van der Waals surface area contributed by atoms with Crippen LogP contribution in [0.5, 0.6) is 0 Å². The number of hydrogen-bond donors (Lipinski definition) is 2. The predicted octanol–water partition coefficient (Wildman–Crippen LogP) is 3.50. The van der Waals surface area contributed by atoms with E-state index in [4.69, 9.17) is 16.8 Å². The van der Waals surface area contributed by atoms with E-state index in [2.05, 4.69) is 10.5 Å². The van der Waals surface area contributed by atoms with Crippen molar-refractivity contribution in [2.24, 2.45) is 12.2 Å². The molecule has 1 aliphatic carbocycles. The van der Waals surface area contributed by atoms with Crippen molar-refractivity contribution in [1.29, 1.82) is 0 Å². The number of benzene rings is 1. The van der Waals surface area contributed by atoms with Crippen molar-refractivity contribution in [2.45, 2.75) is 19.8 Å². The van der Waals surface area contributed by atoms with E-state index in [9.17, 15) is 9.18 Å². The highest BCUT2D eigenvalue weighted by atomic mass is 35.5. The Morgan fingerprint density at radius 3 is 2.83 bits per heavy atom. The van der Waals surface area contributed by atoms with Crippen LogP contribution in [0, 0.1) is 12.7 Å². The molecule has 7 heteroatoms. The number of nitrogens with zero attached hydrogens (tertiary/aromatic N) is 2. The van der Waals surface area contributed by atoms with Crippen LogP contribution in [0.3, 0.4) is 0 Å². The summed E-state index contributed by atoms with van der Waals surface area (Å²) in [5.41, 5.74) is 4.09. The first-order valence-corrected chi connectivity index (χ1v) is 7.47. The number of nitrogens with one attached hydrogen (secondary N) is 1. The fourth-order valence-corrected chi connectivity index (χ4v) is 3.20. The van der Waals surface area contributed by atoms with Gasteiger partial charge in [-0.25, -0.2) is 4.39 Å². The van der Waals surface area contributed by atoms with Crippen LogP contribution in [0.25, 0.3) is 0 Å². The van der Waals surface area contributed by atoms with E-state index < -0.39 is 5.82 Å². The molecule has 0 radical (unpaired) electrons. The Kier molecular flexibility index (Phi) is 3.85. The second-order valence-corrected chi connectivity index (χ2v) is 5.88. The average Bonchev–Trinajstić information content (AvgIpc) is 3.03. The Morgan fingerprint density at radius 2 is 2.17 bits per heavy atom. The first kappa shape index (κ1) is 15.6. The molecule has 1 heterocycles. The molecule has 1 amide bonds. The largest absolute Gasteiger partial charge is 0.411 e. The summed E-state index contributed by atoms with van der Waals surface area (Å²) < 4.78 is 15.0. The van der Waals surface area contributed by atoms with Crippen molar-refractivity contribution < 1.29 is 14.4 Å². The minimum absolute atomic E-state index is 0.0502. The van der Waals surface area contributed by atoms with Gasteiger partial charge in [0.2, 0.25) is 0 Å². The first-order valence-electron chi connectivity index (χ1n) is 7.10. The van der Waals surface area contributed by atoms with Gasteiger partial charge in [0.15, 0.2) is 0 Å². The fourth-order valence-electron chi connectivity index (χ4n) is 3.02. The van der Waals surface area contributed by atoms with Crippen LogP contribution in [0.2, 0.25) is 5.02 Å². The number of oxime groups is 1. The van der Waals surface area contributed by atoms with Crippen molar-refractivity contribution in [2.75, 3.05) is 5.32 Å². The van der Waals surface area contributed by atoms with E-state index in [-0.39, 0.29) is 10.9 Å². The summed E-state index contributed by atoms with van der Waals surface area (Å²) in [4.78, 5) is 12.6. The molecule has 0 fully saturated rings. The van der Waals surface area contributed by atoms with Crippen LogP contribution >= 0.6 is 11.6 Å². The molecule has 1 aromatic heterocycles. The number of halogens is 2. The smallest absolute Gasteiger partial charge is 0.272 e. The van der Waals surface area contributed by atoms with Gasteiger partial charge in [0.1, 0.15) is 11.5 Å². The third-order valence-corrected chi connectivity index (χ3v) is 4.49. The van der Waals surface area contributed by atoms with Crippen LogP contribution in [0.4, 0.5) is 10.1 Å². The molecule has 3 rings (SSSR count). The minimum atomic E-state index is -0.538. The summed E-state index contributed by atoms with van der Waals surface area (Å²) in [5.74, 6) is -0.845. The molecule has 2 N–H and O–H groups in total. The molecule has 0 saturated heterocycles. The molecule has 5 nitrogen and oxygen atoms in total. The van der Waals surface area contributed by atoms with Crippen molar-refractivity contribution in [3.05, 3.63) is 51.6 Å². The highest BCUT2D eigenvalue weighted by Gasteiger charge is 2.30. The number of anilines is 1. The Labute approximate surface area is 137 Å². The number of amides is 1. The maximum Gasteiger partial charge on any atom is 0.272 e. The number of fused-ring (bicyclic) bond motifs is 1. The van der Waals surface area contributed by atoms with E-state index >= 15 is 0 Å². The monoisotopic (exact) mass is 335 g/mol. The molecule has 0 atom stereocenters. The zero-order valence-corrected chi connectivity index (χ0v) is 13.4. The summed E-state index contributed by atoms with van der Waals surface area (Å²) in [6.07, 6.45) is 1.24. The summed E-state index contributed by atoms with van der Waals surface area (Å²) in [7, 11) is 1.79. The summed E-state index contributed by atoms with van der Waals surface area (Å²) in [5, 5.41) is 15.1. The van der Waals surface area contributed by atoms with Crippen LogP contribution in [-0.2, 0) is 13.5 Å². The van der Waals surface area contributed by atoms with Gasteiger partial charge in [0.25, 0.3) is 5.91 Å². The second kappa shape index (κ2) is 5.70. The average molecular weight is 336 g/mol. The number of rotatable bonds is 2. The van der Waals surface area contributed by atoms with Gasteiger partial charge in [0, 0.05) is 24.0 Å². The predicted molar refractivity (Wildman–Crippen MR) is 86.2 cm³/mol. The van der Waals surface area contributed by atoms with Gasteiger partial charge in [0.05, 0.1) is 10.7 Å². The number of carbonyl (C=O) groups is 1. The quantitative estimate of drug-likeness (QED) is 0.651. The lowest BCUT2D eigenvalue weighted by atomic mass is 10.1. The van der Waals surface area contributed by atoms with Gasteiger partial charge in [-0.1, -0.05) is 16.8 Å². The van der Waals surface area contributed by atoms with Crippen molar-refractivity contribution in [3.63, 3.8) is 0 Å². The molecular formula is C16H15ClFN3O2. The molecule has 0 unspecified atom stereocenters. The molecule has 2 aromatic rings. The molecular weight excluding hydrogens is 321 g/mol. The lowest BCUT2D eigenvalue weighted by molar-refractivity contribution is 0.101. The lowest BCUT2D eigenvalue weighted by Crippen LogP contribution is -2.18. The summed E-state index contributed by atoms with van der Waals surface area (Å²) >= 11 is 5.74. The third-order valence-electron chi connectivity index (χ3n) is 4.20. The molecule has 120 valence electrons. The van der Waals surface area contributed by atoms with Crippen molar-refractivity contribution in [3.8, 4) is 0 Å². The molecule has 0 spiro atoms. The second-order valence-electron chi connectivity index (χ2n) is 5.48. The summed E-state index contributed by atoms with van der Waals surface area (Å²) in [6, 6.07) is 4.02. The molecule has 23 heavy (non-hydrogen) atoms. The lowest BCUT2D eigenvalue weighted by Gasteiger charge is -2.09. The zero-order chi connectivity index (χ0) is 16.7. The SMILES string of the molecule is Cc1c2c(c(C(=O)Nc3ccc(F)c(Cl)c3)n1C)CC/C2=N\O. The van der Waals surface area contributed by atoms with Crippen LogP contribution in [-0.4, -0.2) is 21.4 Å². The Hall–Kier alpha value is -2.34. The Morgan fingerprint density at radius 1 is 1.43 bits per heavy atom. The van der Waals surface area contributed by atoms with E-state index in [0.717, 1.165) is 16.8 Å². The van der Waals surface area contributed by atoms with Gasteiger partial charge in [-0.3, -0.25) is 4.79 Å². The third kappa shape index (κ3) is 2.49. The highest BCUT2D eigenvalue weighted by Crippen LogP contribution is 2.31. The highest BCUT2D eigenvalue weighted by molar-refractivity contribution is 6.31. The standard InChI is InChI=1S/C16H15ClFN3O2/c1-8-14-10(4-6-13(14)20-23)15(21(8)2)16(22)19-9-3-5-12(18)11(17)7-9/h3,5,7,23H,4,6H2,1-2H3,(H,19,22)/b20-13+. The molecule has 1 aliphatic rings. The van der Waals surface area contributed by atoms with Crippen molar-refractivity contribution >= 4 is 28.9 Å². The van der Waals surface area contributed by atoms with Crippen LogP contribution in [0.1, 0.15) is 33.7 Å². The zero-order valence-electron chi connectivity index (χ0n) is 12.7. The van der Waals surface area contributed by atoms with Gasteiger partial charge >= 0.3 is 0 Å². The van der Waals surface area contributed by atoms with Gasteiger partial charge in [-0.05, 0) is 43.5 Å². The number of aromatic nitrogens is 1. The molecule has 0 saturated carbocycles. The van der Waals surface area contributed by atoms with E-state index in [1.54, 1.807) is 11.6 Å². The first-order chi connectivity index (χ1) is 10.9. The Bertz CT molecular complexity index is 842. The van der Waals surface area contributed by atoms with E-state index in [1.165, 1.54) is 18.2 Å². The van der Waals surface area contributed by atoms with Crippen LogP contribution < -0.4 is 5.32 Å². The van der Waals surface area contributed by atoms with E-state index in [1.807, 2.05) is 6.92 Å². The normalized spacial score (nSPS) is 15.0. The number of carbonyl (C=O) groups excluding carboxylic acids is 1. The van der Waals surface area contributed by atoms with Crippen LogP contribution in [0.15, 0.2) is 23.4 Å². The van der Waals surface area contributed by atoms with E-state index in [0.29, 0.717) is 29.9 Å². The molecule has 0 aliphatic heterocycles. The maximum absolute atomic E-state index is 13.2. The maximum atomic E-state index is 13.2. The number of hydrogen-bond acceptors (Lipinski definition) is 3.